The van der Waals surface area contributed by atoms with Crippen molar-refractivity contribution in [1.29, 1.82) is 0 Å². The number of anilines is 1. The first kappa shape index (κ1) is 26.4. The van der Waals surface area contributed by atoms with Crippen LogP contribution >= 0.6 is 11.3 Å². The maximum atomic E-state index is 13.5. The fourth-order valence-electron chi connectivity index (χ4n) is 4.54. The molecule has 5 rings (SSSR count). The van der Waals surface area contributed by atoms with Crippen LogP contribution in [0.3, 0.4) is 0 Å². The lowest BCUT2D eigenvalue weighted by Gasteiger charge is -2.23. The normalized spacial score (nSPS) is 16.7. The molecule has 8 heteroatoms. The summed E-state index contributed by atoms with van der Waals surface area (Å²) in [6, 6.07) is 19.2. The summed E-state index contributed by atoms with van der Waals surface area (Å²) >= 11 is 1.34. The van der Waals surface area contributed by atoms with Crippen molar-refractivity contribution in [3.63, 3.8) is 0 Å². The van der Waals surface area contributed by atoms with Gasteiger partial charge in [-0.15, -0.1) is 0 Å². The zero-order chi connectivity index (χ0) is 27.5. The average Bonchev–Trinajstić information content (AvgIpc) is 3.48. The molecule has 39 heavy (non-hydrogen) atoms. The third kappa shape index (κ3) is 5.25. The second-order valence-corrected chi connectivity index (χ2v) is 10.4. The van der Waals surface area contributed by atoms with E-state index in [0.717, 1.165) is 28.6 Å². The molecule has 200 valence electrons. The molecule has 0 bridgehead atoms. The summed E-state index contributed by atoms with van der Waals surface area (Å²) in [4.78, 5) is 33.2. The van der Waals surface area contributed by atoms with Crippen LogP contribution in [0.5, 0.6) is 11.5 Å². The molecule has 0 spiro atoms. The zero-order valence-corrected chi connectivity index (χ0v) is 23.0. The maximum Gasteiger partial charge on any atom is 0.301 e. The second-order valence-electron chi connectivity index (χ2n) is 9.43. The Morgan fingerprint density at radius 1 is 0.949 bits per heavy atom. The Morgan fingerprint density at radius 2 is 1.67 bits per heavy atom. The Hall–Kier alpha value is -4.17. The monoisotopic (exact) mass is 542 g/mol. The minimum absolute atomic E-state index is 0.00491. The molecule has 1 amide bonds. The number of hydrogen-bond acceptors (Lipinski definition) is 7. The van der Waals surface area contributed by atoms with E-state index in [4.69, 9.17) is 14.5 Å². The van der Waals surface area contributed by atoms with Gasteiger partial charge in [0.25, 0.3) is 5.78 Å². The van der Waals surface area contributed by atoms with E-state index in [2.05, 4.69) is 0 Å². The summed E-state index contributed by atoms with van der Waals surface area (Å²) < 4.78 is 12.4. The number of Topliss-reactive ketones (excluding diaryl/α,β-unsaturated/α-hetero) is 1. The largest absolute Gasteiger partial charge is 0.507 e. The fourth-order valence-corrected chi connectivity index (χ4v) is 5.63. The van der Waals surface area contributed by atoms with Gasteiger partial charge in [0.1, 0.15) is 17.3 Å². The lowest BCUT2D eigenvalue weighted by atomic mass is 9.95. The van der Waals surface area contributed by atoms with Crippen LogP contribution < -0.4 is 14.4 Å². The molecule has 0 aliphatic carbocycles. The quantitative estimate of drug-likeness (QED) is 0.142. The molecule has 1 fully saturated rings. The van der Waals surface area contributed by atoms with Gasteiger partial charge in [-0.1, -0.05) is 55.5 Å². The molecule has 1 atom stereocenters. The first-order valence-electron chi connectivity index (χ1n) is 13.1. The number of nitrogens with zero attached hydrogens (tertiary/aromatic N) is 2. The Bertz CT molecular complexity index is 1560. The van der Waals surface area contributed by atoms with Crippen LogP contribution in [0.15, 0.2) is 72.3 Å². The van der Waals surface area contributed by atoms with Gasteiger partial charge in [-0.3, -0.25) is 14.5 Å². The molecule has 7 nitrogen and oxygen atoms in total. The number of ether oxygens (including phenoxy) is 2. The lowest BCUT2D eigenvalue weighted by molar-refractivity contribution is -0.132. The number of carbonyl (C=O) groups excluding carboxylic acids is 2. The lowest BCUT2D eigenvalue weighted by Crippen LogP contribution is -2.29. The number of carbonyl (C=O) groups is 2. The van der Waals surface area contributed by atoms with Crippen LogP contribution in [0.2, 0.25) is 0 Å². The number of hydrogen-bond donors (Lipinski definition) is 1. The van der Waals surface area contributed by atoms with E-state index in [1.54, 1.807) is 24.3 Å². The van der Waals surface area contributed by atoms with E-state index >= 15 is 0 Å². The van der Waals surface area contributed by atoms with E-state index in [1.165, 1.54) is 16.2 Å². The van der Waals surface area contributed by atoms with E-state index < -0.39 is 17.7 Å². The summed E-state index contributed by atoms with van der Waals surface area (Å²) in [6.45, 7) is 7.14. The van der Waals surface area contributed by atoms with Crippen LogP contribution in [-0.4, -0.2) is 35.0 Å². The second kappa shape index (κ2) is 11.3. The predicted octanol–water partition coefficient (Wildman–Crippen LogP) is 6.81. The SMILES string of the molecule is CCCOc1ccc(C2/C(=C(\O)c3cccc(OCCC)c3)C(=O)C(=O)N2c2nc3ccc(C)cc3s2)cc1. The van der Waals surface area contributed by atoms with Gasteiger partial charge in [-0.05, 0) is 67.3 Å². The van der Waals surface area contributed by atoms with E-state index in [-0.39, 0.29) is 11.3 Å². The highest BCUT2D eigenvalue weighted by Crippen LogP contribution is 2.44. The molecule has 1 saturated heterocycles. The minimum atomic E-state index is -0.868. The summed E-state index contributed by atoms with van der Waals surface area (Å²) in [5, 5.41) is 11.9. The number of fused-ring (bicyclic) bond motifs is 1. The molecule has 0 saturated carbocycles. The maximum absolute atomic E-state index is 13.5. The Labute approximate surface area is 231 Å². The van der Waals surface area contributed by atoms with Crippen molar-refractivity contribution >= 4 is 44.1 Å². The van der Waals surface area contributed by atoms with Crippen molar-refractivity contribution < 1.29 is 24.2 Å². The molecule has 4 aromatic rings. The first-order chi connectivity index (χ1) is 18.9. The highest BCUT2D eigenvalue weighted by atomic mass is 32.1. The predicted molar refractivity (Wildman–Crippen MR) is 154 cm³/mol. The van der Waals surface area contributed by atoms with Crippen LogP contribution in [-0.2, 0) is 9.59 Å². The third-order valence-electron chi connectivity index (χ3n) is 6.43. The molecular formula is C31H30N2O5S. The number of thiazole rings is 1. The van der Waals surface area contributed by atoms with E-state index in [9.17, 15) is 14.7 Å². The van der Waals surface area contributed by atoms with Crippen molar-refractivity contribution in [2.24, 2.45) is 0 Å². The highest BCUT2D eigenvalue weighted by Gasteiger charge is 2.48. The van der Waals surface area contributed by atoms with Crippen LogP contribution in [0.4, 0.5) is 5.13 Å². The van der Waals surface area contributed by atoms with Gasteiger partial charge in [0.15, 0.2) is 5.13 Å². The topological polar surface area (TPSA) is 89.0 Å². The summed E-state index contributed by atoms with van der Waals surface area (Å²) in [6.07, 6.45) is 1.71. The van der Waals surface area contributed by atoms with Crippen LogP contribution in [0.25, 0.3) is 16.0 Å². The van der Waals surface area contributed by atoms with Gasteiger partial charge in [0.2, 0.25) is 0 Å². The van der Waals surface area contributed by atoms with Gasteiger partial charge < -0.3 is 14.6 Å². The molecule has 1 aliphatic heterocycles. The van der Waals surface area contributed by atoms with Gasteiger partial charge in [-0.2, -0.15) is 0 Å². The van der Waals surface area contributed by atoms with Crippen molar-refractivity contribution in [3.8, 4) is 11.5 Å². The molecule has 0 radical (unpaired) electrons. The fraction of sp³-hybridized carbons (Fsp3) is 0.258. The molecular weight excluding hydrogens is 512 g/mol. The number of aryl methyl sites for hydroxylation is 1. The van der Waals surface area contributed by atoms with Crippen molar-refractivity contribution in [1.82, 2.24) is 4.98 Å². The summed E-state index contributed by atoms with van der Waals surface area (Å²) in [5.41, 5.74) is 2.88. The third-order valence-corrected chi connectivity index (χ3v) is 7.45. The van der Waals surface area contributed by atoms with Crippen LogP contribution in [0, 0.1) is 6.92 Å². The number of ketones is 1. The molecule has 1 aromatic heterocycles. The molecule has 3 aromatic carbocycles. The van der Waals surface area contributed by atoms with E-state index in [1.807, 2.05) is 63.2 Å². The number of benzene rings is 3. The zero-order valence-electron chi connectivity index (χ0n) is 22.1. The smallest absolute Gasteiger partial charge is 0.301 e. The van der Waals surface area contributed by atoms with Gasteiger partial charge in [0, 0.05) is 5.56 Å². The Balaban J connectivity index is 1.64. The van der Waals surface area contributed by atoms with Crippen molar-refractivity contribution in [2.45, 2.75) is 39.7 Å². The first-order valence-corrected chi connectivity index (χ1v) is 13.9. The Morgan fingerprint density at radius 3 is 2.38 bits per heavy atom. The standard InChI is InChI=1S/C31H30N2O5S/c1-4-15-37-22-12-10-20(11-13-22)27-26(28(34)21-7-6-8-23(18-21)38-16-5-2)29(35)30(36)33(27)31-32-24-14-9-19(3)17-25(24)39-31/h6-14,17-18,27,34H,4-5,15-16H2,1-3H3/b28-26+. The summed E-state index contributed by atoms with van der Waals surface area (Å²) in [7, 11) is 0. The average molecular weight is 543 g/mol. The number of aliphatic hydroxyl groups excluding tert-OH is 1. The van der Waals surface area contributed by atoms with Crippen LogP contribution in [0.1, 0.15) is 49.4 Å². The molecule has 1 N–H and O–H groups in total. The Kier molecular flexibility index (Phi) is 7.65. The van der Waals surface area contributed by atoms with Crippen molar-refractivity contribution in [3.05, 3.63) is 89.0 Å². The number of amides is 1. The van der Waals surface area contributed by atoms with Gasteiger partial charge in [-0.25, -0.2) is 4.98 Å². The number of aromatic nitrogens is 1. The number of aliphatic hydroxyl groups is 1. The van der Waals surface area contributed by atoms with Gasteiger partial charge >= 0.3 is 5.91 Å². The molecule has 1 unspecified atom stereocenters. The summed E-state index contributed by atoms with van der Waals surface area (Å²) in [5.74, 6) is -0.494. The number of rotatable bonds is 9. The van der Waals surface area contributed by atoms with Gasteiger partial charge in [0.05, 0.1) is 35.0 Å². The highest BCUT2D eigenvalue weighted by molar-refractivity contribution is 7.22. The minimum Gasteiger partial charge on any atom is -0.507 e. The molecule has 1 aliphatic rings. The van der Waals surface area contributed by atoms with E-state index in [0.29, 0.717) is 41.0 Å². The molecule has 2 heterocycles. The van der Waals surface area contributed by atoms with Crippen molar-refractivity contribution in [2.75, 3.05) is 18.1 Å².